The van der Waals surface area contributed by atoms with Crippen molar-refractivity contribution in [1.82, 2.24) is 5.32 Å². The van der Waals surface area contributed by atoms with Crippen LogP contribution in [0.3, 0.4) is 0 Å². The molecule has 2 unspecified atom stereocenters. The molecule has 0 bridgehead atoms. The van der Waals surface area contributed by atoms with Crippen LogP contribution in [0.25, 0.3) is 0 Å². The summed E-state index contributed by atoms with van der Waals surface area (Å²) < 4.78 is 0. The van der Waals surface area contributed by atoms with Gasteiger partial charge in [0, 0.05) is 5.75 Å². The first kappa shape index (κ1) is 16.6. The lowest BCUT2D eigenvalue weighted by Gasteiger charge is -2.09. The zero-order valence-corrected chi connectivity index (χ0v) is 13.1. The number of carbonyl (C=O) groups is 1. The van der Waals surface area contributed by atoms with E-state index in [2.05, 4.69) is 32.2 Å². The van der Waals surface area contributed by atoms with Crippen LogP contribution in [-0.4, -0.2) is 28.2 Å². The Kier molecular flexibility index (Phi) is 7.54. The van der Waals surface area contributed by atoms with Gasteiger partial charge in [0.2, 0.25) is 0 Å². The molecule has 0 aromatic heterocycles. The fourth-order valence-corrected chi connectivity index (χ4v) is 3.44. The predicted molar refractivity (Wildman–Crippen MR) is 82.5 cm³/mol. The van der Waals surface area contributed by atoms with Crippen LogP contribution in [0, 0.1) is 5.92 Å². The molecule has 0 spiro atoms. The highest BCUT2D eigenvalue weighted by molar-refractivity contribution is 8.00. The van der Waals surface area contributed by atoms with Gasteiger partial charge < -0.3 is 5.11 Å². The van der Waals surface area contributed by atoms with E-state index in [9.17, 15) is 4.79 Å². The first-order valence-corrected chi connectivity index (χ1v) is 8.30. The lowest BCUT2D eigenvalue weighted by molar-refractivity contribution is -0.138. The molecule has 1 heterocycles. The molecule has 110 valence electrons. The van der Waals surface area contributed by atoms with Crippen molar-refractivity contribution in [3.05, 3.63) is 11.6 Å². The van der Waals surface area contributed by atoms with E-state index in [1.807, 2.05) is 0 Å². The maximum Gasteiger partial charge on any atom is 0.321 e. The Bertz CT molecular complexity index is 315. The molecule has 1 aliphatic heterocycles. The number of carboxylic acid groups (broad SMARTS) is 1. The molecule has 0 radical (unpaired) electrons. The van der Waals surface area contributed by atoms with Gasteiger partial charge in [-0.05, 0) is 38.5 Å². The van der Waals surface area contributed by atoms with Crippen molar-refractivity contribution in [2.45, 2.75) is 64.3 Å². The Morgan fingerprint density at radius 3 is 2.84 bits per heavy atom. The summed E-state index contributed by atoms with van der Waals surface area (Å²) in [6.07, 6.45) is 8.15. The van der Waals surface area contributed by atoms with Crippen molar-refractivity contribution in [2.75, 3.05) is 5.75 Å². The Morgan fingerprint density at radius 1 is 1.53 bits per heavy atom. The molecule has 19 heavy (non-hydrogen) atoms. The third kappa shape index (κ3) is 7.02. The van der Waals surface area contributed by atoms with Crippen LogP contribution in [0.1, 0.15) is 52.9 Å². The largest absolute Gasteiger partial charge is 0.480 e. The van der Waals surface area contributed by atoms with E-state index in [1.54, 1.807) is 11.8 Å². The highest BCUT2D eigenvalue weighted by atomic mass is 32.2. The molecule has 0 amide bonds. The second-order valence-corrected chi connectivity index (χ2v) is 7.03. The number of hydrogen-bond acceptors (Lipinski definition) is 3. The second-order valence-electron chi connectivity index (χ2n) is 5.79. The van der Waals surface area contributed by atoms with Gasteiger partial charge in [0.1, 0.15) is 6.04 Å². The van der Waals surface area contributed by atoms with Gasteiger partial charge in [-0.2, -0.15) is 0 Å². The smallest absolute Gasteiger partial charge is 0.321 e. The normalized spacial score (nSPS) is 24.1. The van der Waals surface area contributed by atoms with E-state index in [4.69, 9.17) is 5.11 Å². The summed E-state index contributed by atoms with van der Waals surface area (Å²) in [4.78, 5) is 10.8. The molecular formula is C15H27NO2S. The van der Waals surface area contributed by atoms with Gasteiger partial charge in [0.15, 0.2) is 0 Å². The maximum atomic E-state index is 10.8. The average Bonchev–Trinajstić information content (AvgIpc) is 2.77. The van der Waals surface area contributed by atoms with Crippen molar-refractivity contribution in [3.63, 3.8) is 0 Å². The summed E-state index contributed by atoms with van der Waals surface area (Å²) >= 11 is 1.73. The molecule has 4 heteroatoms. The monoisotopic (exact) mass is 285 g/mol. The lowest BCUT2D eigenvalue weighted by atomic mass is 10.0. The van der Waals surface area contributed by atoms with Gasteiger partial charge in [-0.15, -0.1) is 11.8 Å². The molecular weight excluding hydrogens is 258 g/mol. The quantitative estimate of drug-likeness (QED) is 0.668. The van der Waals surface area contributed by atoms with Crippen molar-refractivity contribution in [1.29, 1.82) is 0 Å². The highest BCUT2D eigenvalue weighted by Crippen LogP contribution is 2.23. The Morgan fingerprint density at radius 2 is 2.26 bits per heavy atom. The zero-order chi connectivity index (χ0) is 14.3. The van der Waals surface area contributed by atoms with Gasteiger partial charge >= 0.3 is 5.97 Å². The van der Waals surface area contributed by atoms with Crippen LogP contribution in [0.5, 0.6) is 0 Å². The van der Waals surface area contributed by atoms with Crippen LogP contribution < -0.4 is 5.32 Å². The zero-order valence-electron chi connectivity index (χ0n) is 12.3. The third-order valence-electron chi connectivity index (χ3n) is 3.42. The lowest BCUT2D eigenvalue weighted by Crippen LogP contribution is -2.36. The summed E-state index contributed by atoms with van der Waals surface area (Å²) in [5.41, 5.74) is 1.47. The van der Waals surface area contributed by atoms with Gasteiger partial charge in [-0.3, -0.25) is 10.1 Å². The fourth-order valence-electron chi connectivity index (χ4n) is 2.21. The minimum absolute atomic E-state index is 0.306. The minimum Gasteiger partial charge on any atom is -0.480 e. The van der Waals surface area contributed by atoms with Gasteiger partial charge in [0.05, 0.1) is 5.37 Å². The maximum absolute atomic E-state index is 10.8. The highest BCUT2D eigenvalue weighted by Gasteiger charge is 2.28. The molecule has 0 aliphatic carbocycles. The number of carboxylic acids is 1. The Hall–Kier alpha value is -0.480. The molecule has 0 aromatic rings. The van der Waals surface area contributed by atoms with E-state index in [0.29, 0.717) is 11.1 Å². The Labute approximate surface area is 121 Å². The standard InChI is InChI=1S/C15H27NO2S/c1-11(2)6-4-7-12(3)8-5-9-14-16-13(10-19-14)15(17)18/h8,11,13-14,16H,4-7,9-10H2,1-3H3,(H,17,18). The van der Waals surface area contributed by atoms with E-state index in [-0.39, 0.29) is 6.04 Å². The predicted octanol–water partition coefficient (Wildman–Crippen LogP) is 3.65. The molecule has 2 atom stereocenters. The minimum atomic E-state index is -0.726. The van der Waals surface area contributed by atoms with Crippen molar-refractivity contribution < 1.29 is 9.90 Å². The van der Waals surface area contributed by atoms with Crippen LogP contribution >= 0.6 is 11.8 Å². The van der Waals surface area contributed by atoms with E-state index in [1.165, 1.54) is 24.8 Å². The van der Waals surface area contributed by atoms with E-state index < -0.39 is 5.97 Å². The number of allylic oxidation sites excluding steroid dienone is 2. The molecule has 1 saturated heterocycles. The Balaban J connectivity index is 2.14. The number of hydrogen-bond donors (Lipinski definition) is 2. The third-order valence-corrected chi connectivity index (χ3v) is 4.72. The fraction of sp³-hybridized carbons (Fsp3) is 0.800. The molecule has 1 rings (SSSR count). The topological polar surface area (TPSA) is 49.3 Å². The average molecular weight is 285 g/mol. The molecule has 0 aromatic carbocycles. The van der Waals surface area contributed by atoms with Crippen LogP contribution in [0.2, 0.25) is 0 Å². The summed E-state index contributed by atoms with van der Waals surface area (Å²) in [6.45, 7) is 6.73. The summed E-state index contributed by atoms with van der Waals surface area (Å²) in [5.74, 6) is 0.757. The summed E-state index contributed by atoms with van der Waals surface area (Å²) in [7, 11) is 0. The van der Waals surface area contributed by atoms with Gasteiger partial charge in [-0.25, -0.2) is 0 Å². The molecule has 1 aliphatic rings. The van der Waals surface area contributed by atoms with Crippen LogP contribution in [0.4, 0.5) is 0 Å². The molecule has 2 N–H and O–H groups in total. The van der Waals surface area contributed by atoms with Crippen LogP contribution in [0.15, 0.2) is 11.6 Å². The number of thioether (sulfide) groups is 1. The van der Waals surface area contributed by atoms with Crippen molar-refractivity contribution in [3.8, 4) is 0 Å². The van der Waals surface area contributed by atoms with Crippen molar-refractivity contribution >= 4 is 17.7 Å². The number of aliphatic carboxylic acids is 1. The number of rotatable bonds is 8. The first-order chi connectivity index (χ1) is 8.99. The number of nitrogens with one attached hydrogen (secondary N) is 1. The van der Waals surface area contributed by atoms with E-state index in [0.717, 1.165) is 18.8 Å². The van der Waals surface area contributed by atoms with Crippen molar-refractivity contribution in [2.24, 2.45) is 5.92 Å². The van der Waals surface area contributed by atoms with Gasteiger partial charge in [-0.1, -0.05) is 31.9 Å². The molecule has 3 nitrogen and oxygen atoms in total. The van der Waals surface area contributed by atoms with E-state index >= 15 is 0 Å². The van der Waals surface area contributed by atoms with Crippen LogP contribution in [-0.2, 0) is 4.79 Å². The first-order valence-electron chi connectivity index (χ1n) is 7.25. The summed E-state index contributed by atoms with van der Waals surface area (Å²) in [6, 6.07) is -0.355. The second kappa shape index (κ2) is 8.64. The van der Waals surface area contributed by atoms with Gasteiger partial charge in [0.25, 0.3) is 0 Å². The SMILES string of the molecule is CC(=CCCC1NC(C(=O)O)CS1)CCCC(C)C. The molecule has 1 fully saturated rings. The summed E-state index contributed by atoms with van der Waals surface area (Å²) in [5, 5.41) is 12.4. The molecule has 0 saturated carbocycles.